The highest BCUT2D eigenvalue weighted by atomic mass is 16.5. The highest BCUT2D eigenvalue weighted by molar-refractivity contribution is 5.98. The quantitative estimate of drug-likeness (QED) is 0.892. The summed E-state index contributed by atoms with van der Waals surface area (Å²) in [6.45, 7) is 2.86. The number of ether oxygens (including phenoxy) is 2. The molecule has 0 bridgehead atoms. The fourth-order valence-electron chi connectivity index (χ4n) is 2.83. The summed E-state index contributed by atoms with van der Waals surface area (Å²) in [5.41, 5.74) is 1.49. The van der Waals surface area contributed by atoms with Gasteiger partial charge in [-0.05, 0) is 37.8 Å². The fourth-order valence-corrected chi connectivity index (χ4v) is 2.83. The lowest BCUT2D eigenvalue weighted by molar-refractivity contribution is 0.0117. The highest BCUT2D eigenvalue weighted by Crippen LogP contribution is 2.31. The highest BCUT2D eigenvalue weighted by Gasteiger charge is 2.19. The summed E-state index contributed by atoms with van der Waals surface area (Å²) in [4.78, 5) is 12.3. The number of benzene rings is 1. The lowest BCUT2D eigenvalue weighted by Crippen LogP contribution is -2.30. The first-order valence-corrected chi connectivity index (χ1v) is 7.74. The second kappa shape index (κ2) is 6.80. The Bertz CT molecular complexity index is 498. The van der Waals surface area contributed by atoms with Gasteiger partial charge in [-0.3, -0.25) is 4.79 Å². The Balaban J connectivity index is 1.55. The molecule has 1 amide bonds. The van der Waals surface area contributed by atoms with E-state index < -0.39 is 0 Å². The molecular formula is C16H22N2O3. The third-order valence-corrected chi connectivity index (χ3v) is 3.95. The Morgan fingerprint density at radius 2 is 2.29 bits per heavy atom. The van der Waals surface area contributed by atoms with E-state index in [9.17, 15) is 4.79 Å². The Hall–Kier alpha value is -1.75. The molecule has 3 rings (SSSR count). The van der Waals surface area contributed by atoms with Gasteiger partial charge < -0.3 is 20.1 Å². The summed E-state index contributed by atoms with van der Waals surface area (Å²) in [5.74, 6) is 0.585. The molecule has 1 saturated heterocycles. The van der Waals surface area contributed by atoms with Crippen LogP contribution in [0.5, 0.6) is 5.75 Å². The van der Waals surface area contributed by atoms with Crippen molar-refractivity contribution in [2.75, 3.05) is 31.6 Å². The third-order valence-electron chi connectivity index (χ3n) is 3.95. The molecule has 1 aromatic carbocycles. The third kappa shape index (κ3) is 3.47. The maximum atomic E-state index is 12.3. The summed E-state index contributed by atoms with van der Waals surface area (Å²) < 4.78 is 11.3. The van der Waals surface area contributed by atoms with Crippen LogP contribution < -0.4 is 15.4 Å². The van der Waals surface area contributed by atoms with Crippen LogP contribution in [0.2, 0.25) is 0 Å². The molecule has 0 spiro atoms. The van der Waals surface area contributed by atoms with Crippen LogP contribution in [0, 0.1) is 0 Å². The zero-order valence-corrected chi connectivity index (χ0v) is 12.2. The van der Waals surface area contributed by atoms with E-state index in [2.05, 4.69) is 10.6 Å². The Labute approximate surface area is 125 Å². The van der Waals surface area contributed by atoms with Gasteiger partial charge in [-0.25, -0.2) is 0 Å². The summed E-state index contributed by atoms with van der Waals surface area (Å²) in [7, 11) is 0. The van der Waals surface area contributed by atoms with Gasteiger partial charge in [0.1, 0.15) is 6.61 Å². The number of anilines is 1. The molecule has 21 heavy (non-hydrogen) atoms. The molecule has 1 fully saturated rings. The molecule has 0 saturated carbocycles. The number of carbonyl (C=O) groups excluding carboxylic acids is 1. The van der Waals surface area contributed by atoms with Crippen LogP contribution >= 0.6 is 0 Å². The lowest BCUT2D eigenvalue weighted by atomic mass is 10.1. The average Bonchev–Trinajstić information content (AvgIpc) is 2.55. The van der Waals surface area contributed by atoms with Crippen molar-refractivity contribution in [2.45, 2.75) is 31.8 Å². The zero-order valence-electron chi connectivity index (χ0n) is 12.2. The van der Waals surface area contributed by atoms with Crippen LogP contribution in [0.25, 0.3) is 0 Å². The first-order chi connectivity index (χ1) is 10.3. The van der Waals surface area contributed by atoms with E-state index in [1.807, 2.05) is 12.1 Å². The maximum absolute atomic E-state index is 12.3. The first kappa shape index (κ1) is 14.2. The number of rotatable bonds is 4. The molecule has 1 unspecified atom stereocenters. The average molecular weight is 290 g/mol. The number of fused-ring (bicyclic) bond motifs is 1. The Morgan fingerprint density at radius 3 is 3.14 bits per heavy atom. The minimum absolute atomic E-state index is 0.0774. The minimum Gasteiger partial charge on any atom is -0.489 e. The molecule has 0 aromatic heterocycles. The Kier molecular flexibility index (Phi) is 4.60. The van der Waals surface area contributed by atoms with Crippen molar-refractivity contribution in [1.29, 1.82) is 0 Å². The minimum atomic E-state index is -0.0774. The normalized spacial score (nSPS) is 20.9. The van der Waals surface area contributed by atoms with E-state index in [0.29, 0.717) is 30.6 Å². The molecular weight excluding hydrogens is 268 g/mol. The number of amides is 1. The summed E-state index contributed by atoms with van der Waals surface area (Å²) in [6.07, 6.45) is 4.65. The van der Waals surface area contributed by atoms with Crippen LogP contribution in [0.1, 0.15) is 36.0 Å². The van der Waals surface area contributed by atoms with Gasteiger partial charge in [0.25, 0.3) is 5.91 Å². The SMILES string of the molecule is O=C(NCCC1CCCCO1)c1cccc2c1OCCN2. The van der Waals surface area contributed by atoms with Crippen molar-refractivity contribution < 1.29 is 14.3 Å². The van der Waals surface area contributed by atoms with Gasteiger partial charge in [-0.15, -0.1) is 0 Å². The molecule has 1 atom stereocenters. The summed E-state index contributed by atoms with van der Waals surface area (Å²) >= 11 is 0. The molecule has 0 aliphatic carbocycles. The predicted octanol–water partition coefficient (Wildman–Crippen LogP) is 2.18. The van der Waals surface area contributed by atoms with Crippen molar-refractivity contribution >= 4 is 11.6 Å². The summed E-state index contributed by atoms with van der Waals surface area (Å²) in [5, 5.41) is 6.21. The lowest BCUT2D eigenvalue weighted by Gasteiger charge is -2.23. The molecule has 2 heterocycles. The van der Waals surface area contributed by atoms with Crippen LogP contribution in [0.4, 0.5) is 5.69 Å². The van der Waals surface area contributed by atoms with E-state index >= 15 is 0 Å². The van der Waals surface area contributed by atoms with Crippen molar-refractivity contribution in [1.82, 2.24) is 5.32 Å². The van der Waals surface area contributed by atoms with Gasteiger partial charge in [0.05, 0.1) is 17.4 Å². The standard InChI is InChI=1S/C16H22N2O3/c19-16(18-8-7-12-4-1-2-10-20-12)13-5-3-6-14-15(13)21-11-9-17-14/h3,5-6,12,17H,1-2,4,7-11H2,(H,18,19). The maximum Gasteiger partial charge on any atom is 0.255 e. The van der Waals surface area contributed by atoms with Gasteiger partial charge in [-0.1, -0.05) is 6.07 Å². The molecule has 2 aliphatic rings. The second-order valence-corrected chi connectivity index (χ2v) is 5.49. The molecule has 2 aliphatic heterocycles. The van der Waals surface area contributed by atoms with Gasteiger partial charge >= 0.3 is 0 Å². The van der Waals surface area contributed by atoms with Crippen molar-refractivity contribution in [3.8, 4) is 5.75 Å². The molecule has 114 valence electrons. The first-order valence-electron chi connectivity index (χ1n) is 7.74. The number of carbonyl (C=O) groups is 1. The van der Waals surface area contributed by atoms with E-state index in [-0.39, 0.29) is 5.91 Å². The van der Waals surface area contributed by atoms with Gasteiger partial charge in [0, 0.05) is 19.7 Å². The van der Waals surface area contributed by atoms with Gasteiger partial charge in [0.15, 0.2) is 5.75 Å². The van der Waals surface area contributed by atoms with Crippen LogP contribution in [0.15, 0.2) is 18.2 Å². The van der Waals surface area contributed by atoms with Crippen LogP contribution in [-0.2, 0) is 4.74 Å². The number of nitrogens with one attached hydrogen (secondary N) is 2. The van der Waals surface area contributed by atoms with Crippen LogP contribution in [-0.4, -0.2) is 38.3 Å². The predicted molar refractivity (Wildman–Crippen MR) is 81.0 cm³/mol. The van der Waals surface area contributed by atoms with E-state index in [1.54, 1.807) is 6.07 Å². The molecule has 1 aromatic rings. The zero-order chi connectivity index (χ0) is 14.5. The number of hydrogen-bond donors (Lipinski definition) is 2. The van der Waals surface area contributed by atoms with Crippen molar-refractivity contribution in [2.24, 2.45) is 0 Å². The monoisotopic (exact) mass is 290 g/mol. The van der Waals surface area contributed by atoms with Crippen molar-refractivity contribution in [3.63, 3.8) is 0 Å². The van der Waals surface area contributed by atoms with Crippen LogP contribution in [0.3, 0.4) is 0 Å². The van der Waals surface area contributed by atoms with E-state index in [1.165, 1.54) is 6.42 Å². The summed E-state index contributed by atoms with van der Waals surface area (Å²) in [6, 6.07) is 5.61. The van der Waals surface area contributed by atoms with Gasteiger partial charge in [-0.2, -0.15) is 0 Å². The largest absolute Gasteiger partial charge is 0.489 e. The molecule has 5 nitrogen and oxygen atoms in total. The number of hydrogen-bond acceptors (Lipinski definition) is 4. The van der Waals surface area contributed by atoms with E-state index in [4.69, 9.17) is 9.47 Å². The van der Waals surface area contributed by atoms with E-state index in [0.717, 1.165) is 38.1 Å². The second-order valence-electron chi connectivity index (χ2n) is 5.49. The smallest absolute Gasteiger partial charge is 0.255 e. The topological polar surface area (TPSA) is 59.6 Å². The fraction of sp³-hybridized carbons (Fsp3) is 0.562. The number of para-hydroxylation sites is 1. The molecule has 5 heteroatoms. The molecule has 2 N–H and O–H groups in total. The van der Waals surface area contributed by atoms with Gasteiger partial charge in [0.2, 0.25) is 0 Å². The Morgan fingerprint density at radius 1 is 1.33 bits per heavy atom. The van der Waals surface area contributed by atoms with Crippen molar-refractivity contribution in [3.05, 3.63) is 23.8 Å². The molecule has 0 radical (unpaired) electrons.